The maximum atomic E-state index is 5.97. The zero-order valence-electron chi connectivity index (χ0n) is 13.1. The van der Waals surface area contributed by atoms with Gasteiger partial charge in [-0.15, -0.1) is 0 Å². The van der Waals surface area contributed by atoms with E-state index in [0.717, 1.165) is 12.2 Å². The van der Waals surface area contributed by atoms with Crippen molar-refractivity contribution in [1.82, 2.24) is 0 Å². The lowest BCUT2D eigenvalue weighted by atomic mass is 10.1. The average molecular weight is 314 g/mol. The summed E-state index contributed by atoms with van der Waals surface area (Å²) in [5, 5.41) is 0. The third kappa shape index (κ3) is 4.05. The predicted octanol–water partition coefficient (Wildman–Crippen LogP) is 5.13. The summed E-state index contributed by atoms with van der Waals surface area (Å²) in [6, 6.07) is 18.5. The summed E-state index contributed by atoms with van der Waals surface area (Å²) in [7, 11) is 0. The Balaban J connectivity index is 1.58. The van der Waals surface area contributed by atoms with Gasteiger partial charge in [-0.25, -0.2) is 0 Å². The van der Waals surface area contributed by atoms with E-state index < -0.39 is 0 Å². The molecule has 0 aromatic heterocycles. The van der Waals surface area contributed by atoms with Crippen LogP contribution in [0.5, 0.6) is 5.75 Å². The summed E-state index contributed by atoms with van der Waals surface area (Å²) in [4.78, 5) is 1.21. The Hall–Kier alpha value is -1.45. The van der Waals surface area contributed by atoms with E-state index in [0.29, 0.717) is 18.6 Å². The topological polar surface area (TPSA) is 18.5 Å². The fourth-order valence-corrected chi connectivity index (χ4v) is 3.81. The molecule has 1 fully saturated rings. The molecule has 2 aromatic carbocycles. The Morgan fingerprint density at radius 3 is 2.64 bits per heavy atom. The van der Waals surface area contributed by atoms with E-state index in [1.807, 2.05) is 30.3 Å². The number of benzene rings is 2. The van der Waals surface area contributed by atoms with Crippen molar-refractivity contribution in [2.24, 2.45) is 5.92 Å². The van der Waals surface area contributed by atoms with E-state index >= 15 is 0 Å². The largest absolute Gasteiger partial charge is 0.489 e. The van der Waals surface area contributed by atoms with Crippen molar-refractivity contribution in [3.8, 4) is 5.75 Å². The molecule has 1 aliphatic rings. The standard InChI is InChI=1S/C19H22O2S/c1-14-11-19(21-15(14)2)22-18-10-6-9-17(12-18)20-13-16-7-4-3-5-8-16/h3-10,12,14-15,19H,11,13H2,1-2H3/t14-,15+,19?/m1/s1. The molecule has 1 saturated heterocycles. The molecular formula is C19H22O2S. The number of ether oxygens (including phenoxy) is 2. The zero-order valence-corrected chi connectivity index (χ0v) is 13.9. The molecule has 2 nitrogen and oxygen atoms in total. The van der Waals surface area contributed by atoms with Crippen LogP contribution in [0.15, 0.2) is 59.5 Å². The highest BCUT2D eigenvalue weighted by Crippen LogP contribution is 2.37. The lowest BCUT2D eigenvalue weighted by Gasteiger charge is -2.12. The Morgan fingerprint density at radius 1 is 1.09 bits per heavy atom. The van der Waals surface area contributed by atoms with Crippen LogP contribution in [-0.4, -0.2) is 11.5 Å². The van der Waals surface area contributed by atoms with E-state index in [4.69, 9.17) is 9.47 Å². The molecule has 1 aliphatic heterocycles. The van der Waals surface area contributed by atoms with Crippen LogP contribution in [0.2, 0.25) is 0 Å². The van der Waals surface area contributed by atoms with Crippen LogP contribution in [-0.2, 0) is 11.3 Å². The van der Waals surface area contributed by atoms with Crippen LogP contribution in [0.1, 0.15) is 25.8 Å². The molecule has 0 amide bonds. The van der Waals surface area contributed by atoms with Gasteiger partial charge in [0.1, 0.15) is 17.8 Å². The summed E-state index contributed by atoms with van der Waals surface area (Å²) in [5.74, 6) is 1.54. The van der Waals surface area contributed by atoms with Gasteiger partial charge in [0.25, 0.3) is 0 Å². The van der Waals surface area contributed by atoms with Gasteiger partial charge in [0, 0.05) is 4.90 Å². The average Bonchev–Trinajstić information content (AvgIpc) is 2.84. The SMILES string of the molecule is C[C@@H]1CC(Sc2cccc(OCc3ccccc3)c2)O[C@H]1C. The summed E-state index contributed by atoms with van der Waals surface area (Å²) in [6.07, 6.45) is 1.47. The van der Waals surface area contributed by atoms with Gasteiger partial charge in [0.2, 0.25) is 0 Å². The molecule has 1 unspecified atom stereocenters. The monoisotopic (exact) mass is 314 g/mol. The van der Waals surface area contributed by atoms with Gasteiger partial charge in [0.15, 0.2) is 0 Å². The van der Waals surface area contributed by atoms with Gasteiger partial charge in [-0.3, -0.25) is 0 Å². The van der Waals surface area contributed by atoms with Crippen molar-refractivity contribution in [3.05, 3.63) is 60.2 Å². The molecule has 1 heterocycles. The number of thioether (sulfide) groups is 1. The first-order valence-electron chi connectivity index (χ1n) is 7.79. The molecular weight excluding hydrogens is 292 g/mol. The maximum absolute atomic E-state index is 5.97. The molecule has 0 radical (unpaired) electrons. The second-order valence-electron chi connectivity index (χ2n) is 5.85. The zero-order chi connectivity index (χ0) is 15.4. The van der Waals surface area contributed by atoms with Crippen molar-refractivity contribution in [3.63, 3.8) is 0 Å². The van der Waals surface area contributed by atoms with Crippen LogP contribution >= 0.6 is 11.8 Å². The molecule has 0 spiro atoms. The summed E-state index contributed by atoms with van der Waals surface area (Å²) >= 11 is 1.79. The number of rotatable bonds is 5. The fraction of sp³-hybridized carbons (Fsp3) is 0.368. The second kappa shape index (κ2) is 7.21. The first kappa shape index (κ1) is 15.4. The van der Waals surface area contributed by atoms with Crippen molar-refractivity contribution in [2.75, 3.05) is 0 Å². The van der Waals surface area contributed by atoms with E-state index in [2.05, 4.69) is 38.1 Å². The molecule has 0 N–H and O–H groups in total. The minimum atomic E-state index is 0.259. The minimum Gasteiger partial charge on any atom is -0.489 e. The Kier molecular flexibility index (Phi) is 5.06. The van der Waals surface area contributed by atoms with Crippen molar-refractivity contribution in [1.29, 1.82) is 0 Å². The van der Waals surface area contributed by atoms with Gasteiger partial charge >= 0.3 is 0 Å². The maximum Gasteiger partial charge on any atom is 0.120 e. The third-order valence-corrected chi connectivity index (χ3v) is 5.15. The second-order valence-corrected chi connectivity index (χ2v) is 7.08. The molecule has 0 aliphatic carbocycles. The highest BCUT2D eigenvalue weighted by molar-refractivity contribution is 7.99. The molecule has 3 atom stereocenters. The summed E-state index contributed by atoms with van der Waals surface area (Å²) in [5.41, 5.74) is 1.44. The highest BCUT2D eigenvalue weighted by Gasteiger charge is 2.29. The molecule has 0 bridgehead atoms. The predicted molar refractivity (Wildman–Crippen MR) is 91.2 cm³/mol. The molecule has 2 aromatic rings. The van der Waals surface area contributed by atoms with Crippen LogP contribution in [0, 0.1) is 5.92 Å². The van der Waals surface area contributed by atoms with E-state index in [-0.39, 0.29) is 5.44 Å². The van der Waals surface area contributed by atoms with Gasteiger partial charge < -0.3 is 9.47 Å². The van der Waals surface area contributed by atoms with Gasteiger partial charge in [0.05, 0.1) is 6.10 Å². The quantitative estimate of drug-likeness (QED) is 0.762. The van der Waals surface area contributed by atoms with Gasteiger partial charge in [-0.1, -0.05) is 55.1 Å². The van der Waals surface area contributed by atoms with Crippen LogP contribution < -0.4 is 4.74 Å². The van der Waals surface area contributed by atoms with Crippen molar-refractivity contribution >= 4 is 11.8 Å². The van der Waals surface area contributed by atoms with Crippen LogP contribution in [0.4, 0.5) is 0 Å². The normalized spacial score (nSPS) is 24.4. The molecule has 3 heteroatoms. The first-order valence-corrected chi connectivity index (χ1v) is 8.67. The number of hydrogen-bond acceptors (Lipinski definition) is 3. The molecule has 22 heavy (non-hydrogen) atoms. The summed E-state index contributed by atoms with van der Waals surface area (Å²) < 4.78 is 11.9. The van der Waals surface area contributed by atoms with E-state index in [9.17, 15) is 0 Å². The van der Waals surface area contributed by atoms with E-state index in [1.54, 1.807) is 11.8 Å². The smallest absolute Gasteiger partial charge is 0.120 e. The minimum absolute atomic E-state index is 0.259. The molecule has 0 saturated carbocycles. The molecule has 116 valence electrons. The Morgan fingerprint density at radius 2 is 1.91 bits per heavy atom. The van der Waals surface area contributed by atoms with Crippen molar-refractivity contribution < 1.29 is 9.47 Å². The van der Waals surface area contributed by atoms with Gasteiger partial charge in [-0.2, -0.15) is 0 Å². The third-order valence-electron chi connectivity index (χ3n) is 4.05. The Bertz CT molecular complexity index is 589. The van der Waals surface area contributed by atoms with Crippen LogP contribution in [0.3, 0.4) is 0 Å². The fourth-order valence-electron chi connectivity index (χ4n) is 2.53. The summed E-state index contributed by atoms with van der Waals surface area (Å²) in [6.45, 7) is 5.01. The lowest BCUT2D eigenvalue weighted by Crippen LogP contribution is -2.07. The van der Waals surface area contributed by atoms with Crippen LogP contribution in [0.25, 0.3) is 0 Å². The Labute approximate surface area is 136 Å². The van der Waals surface area contributed by atoms with E-state index in [1.165, 1.54) is 10.5 Å². The highest BCUT2D eigenvalue weighted by atomic mass is 32.2. The van der Waals surface area contributed by atoms with Crippen molar-refractivity contribution in [2.45, 2.75) is 43.3 Å². The lowest BCUT2D eigenvalue weighted by molar-refractivity contribution is 0.0922. The van der Waals surface area contributed by atoms with Gasteiger partial charge in [-0.05, 0) is 43.0 Å². The molecule has 3 rings (SSSR count). The first-order chi connectivity index (χ1) is 10.7. The number of hydrogen-bond donors (Lipinski definition) is 0.